The van der Waals surface area contributed by atoms with E-state index in [1.807, 2.05) is 0 Å². The number of anilines is 1. The lowest BCUT2D eigenvalue weighted by molar-refractivity contribution is -0.385. The Morgan fingerprint density at radius 2 is 1.84 bits per heavy atom. The van der Waals surface area contributed by atoms with Gasteiger partial charge in [-0.05, 0) is 43.3 Å². The second-order valence-corrected chi connectivity index (χ2v) is 4.94. The first kappa shape index (κ1) is 17.9. The maximum absolute atomic E-state index is 11.9. The summed E-state index contributed by atoms with van der Waals surface area (Å²) in [6.07, 6.45) is 2.59. The number of carbonyl (C=O) groups excluding carboxylic acids is 2. The van der Waals surface area contributed by atoms with Crippen molar-refractivity contribution in [3.8, 4) is 0 Å². The van der Waals surface area contributed by atoms with E-state index >= 15 is 0 Å². The highest BCUT2D eigenvalue weighted by molar-refractivity contribution is 6.02. The van der Waals surface area contributed by atoms with E-state index in [4.69, 9.17) is 4.74 Å². The van der Waals surface area contributed by atoms with E-state index in [1.165, 1.54) is 18.2 Å². The van der Waals surface area contributed by atoms with E-state index in [-0.39, 0.29) is 12.3 Å². The van der Waals surface area contributed by atoms with E-state index in [9.17, 15) is 19.7 Å². The van der Waals surface area contributed by atoms with Crippen LogP contribution in [0.2, 0.25) is 0 Å². The fraction of sp³-hybridized carbons (Fsp3) is 0.111. The number of esters is 1. The average molecular weight is 340 g/mol. The van der Waals surface area contributed by atoms with Gasteiger partial charge in [0.2, 0.25) is 5.91 Å². The third kappa shape index (κ3) is 5.00. The minimum atomic E-state index is -0.508. The number of nitro benzene ring substituents is 1. The van der Waals surface area contributed by atoms with E-state index in [2.05, 4.69) is 5.32 Å². The van der Waals surface area contributed by atoms with Crippen LogP contribution in [0.15, 0.2) is 54.6 Å². The Morgan fingerprint density at radius 1 is 1.16 bits per heavy atom. The number of para-hydroxylation sites is 1. The lowest BCUT2D eigenvalue weighted by Gasteiger charge is -2.04. The average Bonchev–Trinajstić information content (AvgIpc) is 2.61. The van der Waals surface area contributed by atoms with Crippen molar-refractivity contribution < 1.29 is 19.2 Å². The van der Waals surface area contributed by atoms with Crippen molar-refractivity contribution in [1.82, 2.24) is 0 Å². The molecule has 2 aromatic rings. The molecule has 2 aromatic carbocycles. The second-order valence-electron chi connectivity index (χ2n) is 4.94. The summed E-state index contributed by atoms with van der Waals surface area (Å²) in [5.74, 6) is -0.876. The molecule has 0 atom stereocenters. The fourth-order valence-electron chi connectivity index (χ4n) is 2.05. The van der Waals surface area contributed by atoms with Crippen molar-refractivity contribution in [2.75, 3.05) is 11.9 Å². The largest absolute Gasteiger partial charge is 0.462 e. The van der Waals surface area contributed by atoms with Crippen molar-refractivity contribution in [2.45, 2.75) is 6.92 Å². The minimum absolute atomic E-state index is 0.0784. The third-order valence-corrected chi connectivity index (χ3v) is 3.21. The van der Waals surface area contributed by atoms with E-state index in [0.717, 1.165) is 0 Å². The molecule has 0 aromatic heterocycles. The molecule has 1 amide bonds. The van der Waals surface area contributed by atoms with Crippen LogP contribution in [-0.4, -0.2) is 23.4 Å². The first-order chi connectivity index (χ1) is 12.0. The van der Waals surface area contributed by atoms with Gasteiger partial charge in [-0.3, -0.25) is 14.9 Å². The molecule has 0 bridgehead atoms. The molecular weight excluding hydrogens is 324 g/mol. The van der Waals surface area contributed by atoms with Crippen LogP contribution in [0.5, 0.6) is 0 Å². The summed E-state index contributed by atoms with van der Waals surface area (Å²) in [6, 6.07) is 12.4. The highest BCUT2D eigenvalue weighted by Gasteiger charge is 2.10. The molecule has 7 heteroatoms. The summed E-state index contributed by atoms with van der Waals surface area (Å²) in [5, 5.41) is 13.5. The van der Waals surface area contributed by atoms with Crippen molar-refractivity contribution in [2.24, 2.45) is 0 Å². The van der Waals surface area contributed by atoms with Gasteiger partial charge >= 0.3 is 5.97 Å². The predicted molar refractivity (Wildman–Crippen MR) is 93.2 cm³/mol. The van der Waals surface area contributed by atoms with Gasteiger partial charge in [0.1, 0.15) is 0 Å². The predicted octanol–water partition coefficient (Wildman–Crippen LogP) is 3.42. The number of rotatable bonds is 6. The highest BCUT2D eigenvalue weighted by atomic mass is 16.6. The smallest absolute Gasteiger partial charge is 0.338 e. The molecule has 1 N–H and O–H groups in total. The quantitative estimate of drug-likeness (QED) is 0.376. The molecule has 0 aliphatic rings. The molecular formula is C18H16N2O5. The van der Waals surface area contributed by atoms with Gasteiger partial charge in [0.15, 0.2) is 0 Å². The number of carbonyl (C=O) groups is 2. The topological polar surface area (TPSA) is 98.5 Å². The monoisotopic (exact) mass is 340 g/mol. The number of nitrogens with zero attached hydrogens (tertiary/aromatic N) is 1. The van der Waals surface area contributed by atoms with Crippen molar-refractivity contribution >= 4 is 29.3 Å². The van der Waals surface area contributed by atoms with Crippen LogP contribution >= 0.6 is 0 Å². The van der Waals surface area contributed by atoms with Crippen LogP contribution in [0.4, 0.5) is 11.4 Å². The summed E-state index contributed by atoms with van der Waals surface area (Å²) < 4.78 is 4.87. The molecule has 0 fully saturated rings. The zero-order valence-corrected chi connectivity index (χ0v) is 13.5. The molecule has 2 rings (SSSR count). The third-order valence-electron chi connectivity index (χ3n) is 3.21. The maximum Gasteiger partial charge on any atom is 0.338 e. The first-order valence-corrected chi connectivity index (χ1v) is 7.51. The standard InChI is InChI=1S/C18H16N2O5/c1-2-25-18(22)14-7-10-15(11-8-14)19-17(21)12-9-13-5-3-4-6-16(13)20(23)24/h3-12H,2H2,1H3,(H,19,21)/b12-9+. The number of ether oxygens (including phenoxy) is 1. The number of hydrogen-bond donors (Lipinski definition) is 1. The first-order valence-electron chi connectivity index (χ1n) is 7.51. The number of amides is 1. The van der Waals surface area contributed by atoms with Crippen LogP contribution in [0, 0.1) is 10.1 Å². The summed E-state index contributed by atoms with van der Waals surface area (Å²) in [6.45, 7) is 2.00. The number of nitrogens with one attached hydrogen (secondary N) is 1. The van der Waals surface area contributed by atoms with Gasteiger partial charge in [0.25, 0.3) is 5.69 Å². The summed E-state index contributed by atoms with van der Waals surface area (Å²) in [7, 11) is 0. The van der Waals surface area contributed by atoms with Gasteiger partial charge < -0.3 is 10.1 Å². The van der Waals surface area contributed by atoms with E-state index in [0.29, 0.717) is 16.8 Å². The molecule has 7 nitrogen and oxygen atoms in total. The molecule has 0 radical (unpaired) electrons. The fourth-order valence-corrected chi connectivity index (χ4v) is 2.05. The van der Waals surface area contributed by atoms with Crippen LogP contribution < -0.4 is 5.32 Å². The summed E-state index contributed by atoms with van der Waals surface area (Å²) in [5.41, 5.74) is 1.13. The highest BCUT2D eigenvalue weighted by Crippen LogP contribution is 2.19. The Bertz CT molecular complexity index is 812. The van der Waals surface area contributed by atoms with E-state index < -0.39 is 16.8 Å². The maximum atomic E-state index is 11.9. The lowest BCUT2D eigenvalue weighted by Crippen LogP contribution is -2.09. The molecule has 0 heterocycles. The van der Waals surface area contributed by atoms with Crippen LogP contribution in [0.3, 0.4) is 0 Å². The molecule has 0 aliphatic heterocycles. The van der Waals surface area contributed by atoms with Crippen LogP contribution in [0.1, 0.15) is 22.8 Å². The second kappa shape index (κ2) is 8.39. The molecule has 0 saturated carbocycles. The van der Waals surface area contributed by atoms with Gasteiger partial charge in [-0.1, -0.05) is 12.1 Å². The Kier molecular flexibility index (Phi) is 6.00. The van der Waals surface area contributed by atoms with Crippen molar-refractivity contribution in [3.05, 3.63) is 75.8 Å². The lowest BCUT2D eigenvalue weighted by atomic mass is 10.1. The zero-order valence-electron chi connectivity index (χ0n) is 13.5. The molecule has 0 aliphatic carbocycles. The summed E-state index contributed by atoms with van der Waals surface area (Å²) in [4.78, 5) is 33.9. The Labute approximate surface area is 144 Å². The van der Waals surface area contributed by atoms with E-state index in [1.54, 1.807) is 49.4 Å². The molecule has 128 valence electrons. The SMILES string of the molecule is CCOC(=O)c1ccc(NC(=O)/C=C/c2ccccc2[N+](=O)[O-])cc1. The van der Waals surface area contributed by atoms with Crippen molar-refractivity contribution in [3.63, 3.8) is 0 Å². The minimum Gasteiger partial charge on any atom is -0.462 e. The van der Waals surface area contributed by atoms with Crippen LogP contribution in [0.25, 0.3) is 6.08 Å². The zero-order chi connectivity index (χ0) is 18.2. The normalized spacial score (nSPS) is 10.4. The van der Waals surface area contributed by atoms with Gasteiger partial charge in [0, 0.05) is 17.8 Å². The summed E-state index contributed by atoms with van der Waals surface area (Å²) >= 11 is 0. The Balaban J connectivity index is 2.03. The van der Waals surface area contributed by atoms with Crippen molar-refractivity contribution in [1.29, 1.82) is 0 Å². The number of benzene rings is 2. The molecule has 0 unspecified atom stereocenters. The van der Waals surface area contributed by atoms with Gasteiger partial charge in [0.05, 0.1) is 22.7 Å². The van der Waals surface area contributed by atoms with Gasteiger partial charge in [-0.2, -0.15) is 0 Å². The molecule has 25 heavy (non-hydrogen) atoms. The Hall–Kier alpha value is -3.48. The van der Waals surface area contributed by atoms with Gasteiger partial charge in [-0.15, -0.1) is 0 Å². The molecule has 0 saturated heterocycles. The number of nitro groups is 1. The number of hydrogen-bond acceptors (Lipinski definition) is 5. The van der Waals surface area contributed by atoms with Gasteiger partial charge in [-0.25, -0.2) is 4.79 Å². The molecule has 0 spiro atoms. The van der Waals surface area contributed by atoms with Crippen LogP contribution in [-0.2, 0) is 9.53 Å². The Morgan fingerprint density at radius 3 is 2.48 bits per heavy atom.